The van der Waals surface area contributed by atoms with E-state index in [4.69, 9.17) is 0 Å². The van der Waals surface area contributed by atoms with Crippen LogP contribution in [0.5, 0.6) is 0 Å². The Morgan fingerprint density at radius 2 is 1.91 bits per heavy atom. The van der Waals surface area contributed by atoms with Crippen molar-refractivity contribution in [1.82, 2.24) is 15.5 Å². The maximum absolute atomic E-state index is 11.8. The van der Waals surface area contributed by atoms with Crippen molar-refractivity contribution >= 4 is 22.9 Å². The minimum atomic E-state index is 0.0814. The molecule has 2 aromatic rings. The third-order valence-corrected chi connectivity index (χ3v) is 4.22. The van der Waals surface area contributed by atoms with Gasteiger partial charge < -0.3 is 10.2 Å². The van der Waals surface area contributed by atoms with Crippen molar-refractivity contribution in [2.24, 2.45) is 0 Å². The van der Waals surface area contributed by atoms with Crippen molar-refractivity contribution in [3.8, 4) is 0 Å². The van der Waals surface area contributed by atoms with E-state index in [0.29, 0.717) is 13.0 Å². The van der Waals surface area contributed by atoms with Crippen LogP contribution >= 0.6 is 11.3 Å². The highest BCUT2D eigenvalue weighted by atomic mass is 32.1. The molecule has 1 aromatic heterocycles. The van der Waals surface area contributed by atoms with Crippen LogP contribution in [0.3, 0.4) is 0 Å². The Bertz CT molecular complexity index is 607. The number of carbonyl (C=O) groups is 1. The first-order valence-corrected chi connectivity index (χ1v) is 8.18. The van der Waals surface area contributed by atoms with Crippen LogP contribution in [-0.2, 0) is 17.6 Å². The minimum Gasteiger partial charge on any atom is -0.378 e. The van der Waals surface area contributed by atoms with Gasteiger partial charge in [0.25, 0.3) is 0 Å². The Hall–Kier alpha value is -1.95. The first-order chi connectivity index (χ1) is 10.5. The van der Waals surface area contributed by atoms with Crippen molar-refractivity contribution < 1.29 is 4.79 Å². The molecule has 118 valence electrons. The Morgan fingerprint density at radius 1 is 1.18 bits per heavy atom. The lowest BCUT2D eigenvalue weighted by molar-refractivity contribution is -0.121. The van der Waals surface area contributed by atoms with E-state index in [1.165, 1.54) is 11.3 Å². The number of rotatable bonds is 7. The highest BCUT2D eigenvalue weighted by molar-refractivity contribution is 7.11. The number of benzene rings is 1. The van der Waals surface area contributed by atoms with Gasteiger partial charge in [0.2, 0.25) is 5.91 Å². The summed E-state index contributed by atoms with van der Waals surface area (Å²) in [5.41, 5.74) is 2.35. The predicted octanol–water partition coefficient (Wildman–Crippen LogP) is 2.20. The zero-order valence-corrected chi connectivity index (χ0v) is 14.1. The first-order valence-electron chi connectivity index (χ1n) is 7.36. The molecule has 22 heavy (non-hydrogen) atoms. The maximum atomic E-state index is 11.8. The summed E-state index contributed by atoms with van der Waals surface area (Å²) in [7, 11) is 4.03. The molecule has 0 saturated heterocycles. The van der Waals surface area contributed by atoms with E-state index in [9.17, 15) is 4.79 Å². The molecular formula is C16H22N4OS. The molecule has 1 aromatic carbocycles. The molecule has 5 nitrogen and oxygen atoms in total. The van der Waals surface area contributed by atoms with Crippen LogP contribution in [0.1, 0.15) is 22.0 Å². The van der Waals surface area contributed by atoms with Gasteiger partial charge in [-0.25, -0.2) is 0 Å². The van der Waals surface area contributed by atoms with Crippen LogP contribution in [0.25, 0.3) is 0 Å². The maximum Gasteiger partial charge on any atom is 0.220 e. The van der Waals surface area contributed by atoms with Crippen molar-refractivity contribution in [3.05, 3.63) is 39.8 Å². The van der Waals surface area contributed by atoms with Gasteiger partial charge in [0.15, 0.2) is 0 Å². The number of aromatic nitrogens is 2. The zero-order chi connectivity index (χ0) is 15.9. The molecule has 6 heteroatoms. The number of hydrogen-bond acceptors (Lipinski definition) is 5. The predicted molar refractivity (Wildman–Crippen MR) is 90.4 cm³/mol. The Kier molecular flexibility index (Phi) is 5.89. The van der Waals surface area contributed by atoms with E-state index in [1.54, 1.807) is 11.3 Å². The average molecular weight is 318 g/mol. The Labute approximate surface area is 135 Å². The second kappa shape index (κ2) is 7.89. The summed E-state index contributed by atoms with van der Waals surface area (Å²) in [5.74, 6) is 0.0814. The fraction of sp³-hybridized carbons (Fsp3) is 0.438. The van der Waals surface area contributed by atoms with Gasteiger partial charge in [-0.15, -0.1) is 21.5 Å². The van der Waals surface area contributed by atoms with E-state index < -0.39 is 0 Å². The number of carbonyl (C=O) groups excluding carboxylic acids is 1. The quantitative estimate of drug-likeness (QED) is 0.850. The molecule has 2 rings (SSSR count). The highest BCUT2D eigenvalue weighted by Gasteiger charge is 2.04. The molecular weight excluding hydrogens is 296 g/mol. The number of nitrogens with one attached hydrogen (secondary N) is 1. The second-order valence-corrected chi connectivity index (χ2v) is 6.64. The first kappa shape index (κ1) is 16.4. The zero-order valence-electron chi connectivity index (χ0n) is 13.3. The molecule has 0 aliphatic rings. The molecule has 0 spiro atoms. The largest absolute Gasteiger partial charge is 0.378 e. The van der Waals surface area contributed by atoms with Gasteiger partial charge in [-0.3, -0.25) is 4.79 Å². The van der Waals surface area contributed by atoms with Crippen LogP contribution in [0.4, 0.5) is 5.69 Å². The summed E-state index contributed by atoms with van der Waals surface area (Å²) in [5, 5.41) is 12.9. The van der Waals surface area contributed by atoms with E-state index in [1.807, 2.05) is 21.0 Å². The lowest BCUT2D eigenvalue weighted by Gasteiger charge is -2.12. The smallest absolute Gasteiger partial charge is 0.220 e. The number of anilines is 1. The second-order valence-electron chi connectivity index (χ2n) is 5.38. The molecule has 0 saturated carbocycles. The number of amides is 1. The summed E-state index contributed by atoms with van der Waals surface area (Å²) in [6.07, 6.45) is 2.02. The highest BCUT2D eigenvalue weighted by Crippen LogP contribution is 2.13. The van der Waals surface area contributed by atoms with Gasteiger partial charge in [-0.05, 0) is 31.0 Å². The van der Waals surface area contributed by atoms with Gasteiger partial charge in [-0.2, -0.15) is 0 Å². The summed E-state index contributed by atoms with van der Waals surface area (Å²) in [6, 6.07) is 8.30. The number of nitrogens with zero attached hydrogens (tertiary/aromatic N) is 3. The lowest BCUT2D eigenvalue weighted by Crippen LogP contribution is -2.25. The standard InChI is InChI=1S/C16H22N4OS/c1-12-18-19-16(22-12)10-11-17-15(21)9-6-13-4-7-14(8-5-13)20(2)3/h4-5,7-8H,6,9-11H2,1-3H3,(H,17,21). The van der Waals surface area contributed by atoms with E-state index in [-0.39, 0.29) is 5.91 Å². The van der Waals surface area contributed by atoms with Gasteiger partial charge in [0, 0.05) is 39.2 Å². The number of aryl methyl sites for hydroxylation is 2. The molecule has 0 radical (unpaired) electrons. The molecule has 0 bridgehead atoms. The van der Waals surface area contributed by atoms with Gasteiger partial charge in [-0.1, -0.05) is 12.1 Å². The van der Waals surface area contributed by atoms with Gasteiger partial charge in [0.05, 0.1) is 0 Å². The fourth-order valence-electron chi connectivity index (χ4n) is 2.05. The van der Waals surface area contributed by atoms with Crippen molar-refractivity contribution in [1.29, 1.82) is 0 Å². The van der Waals surface area contributed by atoms with Crippen molar-refractivity contribution in [2.45, 2.75) is 26.2 Å². The molecule has 1 amide bonds. The monoisotopic (exact) mass is 318 g/mol. The summed E-state index contributed by atoms with van der Waals surface area (Å²) >= 11 is 1.58. The van der Waals surface area contributed by atoms with Crippen LogP contribution in [-0.4, -0.2) is 36.7 Å². The Balaban J connectivity index is 1.68. The SMILES string of the molecule is Cc1nnc(CCNC(=O)CCc2ccc(N(C)C)cc2)s1. The topological polar surface area (TPSA) is 58.1 Å². The molecule has 1 N–H and O–H groups in total. The molecule has 0 aliphatic heterocycles. The van der Waals surface area contributed by atoms with Gasteiger partial charge >= 0.3 is 0 Å². The van der Waals surface area contributed by atoms with Gasteiger partial charge in [0.1, 0.15) is 10.0 Å². The molecule has 0 unspecified atom stereocenters. The van der Waals surface area contributed by atoms with E-state index >= 15 is 0 Å². The van der Waals surface area contributed by atoms with Crippen molar-refractivity contribution in [2.75, 3.05) is 25.5 Å². The molecule has 0 fully saturated rings. The number of hydrogen-bond donors (Lipinski definition) is 1. The third-order valence-electron chi connectivity index (χ3n) is 3.32. The van der Waals surface area contributed by atoms with Crippen LogP contribution in [0.2, 0.25) is 0 Å². The van der Waals surface area contributed by atoms with Crippen molar-refractivity contribution in [3.63, 3.8) is 0 Å². The van der Waals surface area contributed by atoms with Crippen LogP contribution in [0, 0.1) is 6.92 Å². The van der Waals surface area contributed by atoms with E-state index in [0.717, 1.165) is 22.9 Å². The normalized spacial score (nSPS) is 10.5. The summed E-state index contributed by atoms with van der Waals surface area (Å²) in [6.45, 7) is 2.55. The summed E-state index contributed by atoms with van der Waals surface area (Å²) in [4.78, 5) is 13.9. The fourth-order valence-corrected chi connectivity index (χ4v) is 2.76. The minimum absolute atomic E-state index is 0.0814. The molecule has 1 heterocycles. The lowest BCUT2D eigenvalue weighted by atomic mass is 10.1. The summed E-state index contributed by atoms with van der Waals surface area (Å²) < 4.78 is 0. The third kappa shape index (κ3) is 5.11. The van der Waals surface area contributed by atoms with Crippen LogP contribution in [0.15, 0.2) is 24.3 Å². The van der Waals surface area contributed by atoms with Crippen LogP contribution < -0.4 is 10.2 Å². The Morgan fingerprint density at radius 3 is 2.50 bits per heavy atom. The molecule has 0 aliphatic carbocycles. The average Bonchev–Trinajstić information content (AvgIpc) is 2.91. The van der Waals surface area contributed by atoms with E-state index in [2.05, 4.69) is 44.7 Å². The molecule has 0 atom stereocenters.